The molecule has 19 heavy (non-hydrogen) atoms. The Balaban J connectivity index is 2.30. The van der Waals surface area contributed by atoms with Crippen LogP contribution in [0.2, 0.25) is 0 Å². The number of ether oxygens (including phenoxy) is 3. The number of Topliss-reactive ketones (excluding diaryl/α,β-unsaturated/α-hetero) is 1. The van der Waals surface area contributed by atoms with Crippen LogP contribution in [0.25, 0.3) is 0 Å². The highest BCUT2D eigenvalue weighted by Gasteiger charge is 2.34. The first-order chi connectivity index (χ1) is 9.10. The molecule has 0 heterocycles. The average Bonchev–Trinajstić information content (AvgIpc) is 2.73. The first-order valence-corrected chi connectivity index (χ1v) is 6.09. The summed E-state index contributed by atoms with van der Waals surface area (Å²) in [7, 11) is 3.05. The van der Waals surface area contributed by atoms with Gasteiger partial charge in [0, 0.05) is 18.4 Å². The van der Waals surface area contributed by atoms with E-state index in [1.54, 1.807) is 19.1 Å². The minimum absolute atomic E-state index is 0.183. The van der Waals surface area contributed by atoms with E-state index in [2.05, 4.69) is 0 Å². The van der Waals surface area contributed by atoms with Crippen molar-refractivity contribution in [2.24, 2.45) is 0 Å². The van der Waals surface area contributed by atoms with Crippen LogP contribution in [-0.2, 0) is 16.0 Å². The van der Waals surface area contributed by atoms with Gasteiger partial charge in [0.2, 0.25) is 5.78 Å². The van der Waals surface area contributed by atoms with Gasteiger partial charge in [0.1, 0.15) is 0 Å². The Labute approximate surface area is 111 Å². The maximum Gasteiger partial charge on any atom is 0.306 e. The fraction of sp³-hybridized carbons (Fsp3) is 0.429. The van der Waals surface area contributed by atoms with Crippen LogP contribution in [0.4, 0.5) is 0 Å². The standard InChI is InChI=1S/C14H16O5/c1-4-13(15)19-12-6-8-5-10(17-2)11(18-3)7-9(8)14(12)16/h5,7,12H,4,6H2,1-3H3. The number of esters is 1. The third kappa shape index (κ3) is 2.41. The van der Waals surface area contributed by atoms with Gasteiger partial charge in [0.15, 0.2) is 17.6 Å². The summed E-state index contributed by atoms with van der Waals surface area (Å²) in [5.41, 5.74) is 1.35. The molecule has 1 aromatic rings. The second-order valence-electron chi connectivity index (χ2n) is 4.26. The van der Waals surface area contributed by atoms with Crippen LogP contribution in [-0.4, -0.2) is 32.1 Å². The van der Waals surface area contributed by atoms with Gasteiger partial charge in [-0.1, -0.05) is 6.92 Å². The fourth-order valence-electron chi connectivity index (χ4n) is 2.12. The number of rotatable bonds is 4. The first-order valence-electron chi connectivity index (χ1n) is 6.09. The maximum atomic E-state index is 12.1. The van der Waals surface area contributed by atoms with Gasteiger partial charge in [-0.05, 0) is 17.7 Å². The number of carbonyl (C=O) groups is 2. The van der Waals surface area contributed by atoms with E-state index in [4.69, 9.17) is 14.2 Å². The molecule has 1 aromatic carbocycles. The van der Waals surface area contributed by atoms with Crippen molar-refractivity contribution in [3.63, 3.8) is 0 Å². The number of hydrogen-bond acceptors (Lipinski definition) is 5. The number of benzene rings is 1. The lowest BCUT2D eigenvalue weighted by atomic mass is 10.1. The maximum absolute atomic E-state index is 12.1. The summed E-state index contributed by atoms with van der Waals surface area (Å²) in [6.07, 6.45) is -0.0770. The summed E-state index contributed by atoms with van der Waals surface area (Å²) < 4.78 is 15.5. The Morgan fingerprint density at radius 3 is 2.47 bits per heavy atom. The lowest BCUT2D eigenvalue weighted by Gasteiger charge is -2.08. The molecule has 1 aliphatic rings. The van der Waals surface area contributed by atoms with Crippen LogP contribution in [0.3, 0.4) is 0 Å². The Morgan fingerprint density at radius 1 is 1.26 bits per heavy atom. The fourth-order valence-corrected chi connectivity index (χ4v) is 2.12. The molecular formula is C14H16O5. The van der Waals surface area contributed by atoms with Crippen molar-refractivity contribution >= 4 is 11.8 Å². The highest BCUT2D eigenvalue weighted by atomic mass is 16.5. The van der Waals surface area contributed by atoms with E-state index in [0.29, 0.717) is 23.5 Å². The van der Waals surface area contributed by atoms with E-state index in [1.807, 2.05) is 0 Å². The zero-order valence-corrected chi connectivity index (χ0v) is 11.2. The van der Waals surface area contributed by atoms with Gasteiger partial charge in [-0.3, -0.25) is 9.59 Å². The molecule has 0 radical (unpaired) electrons. The molecular weight excluding hydrogens is 248 g/mol. The second kappa shape index (κ2) is 5.30. The Bertz CT molecular complexity index is 521. The van der Waals surface area contributed by atoms with Gasteiger partial charge in [-0.2, -0.15) is 0 Å². The quantitative estimate of drug-likeness (QED) is 0.775. The van der Waals surface area contributed by atoms with Gasteiger partial charge in [-0.15, -0.1) is 0 Å². The first kappa shape index (κ1) is 13.4. The average molecular weight is 264 g/mol. The molecule has 1 atom stereocenters. The van der Waals surface area contributed by atoms with Crippen molar-refractivity contribution in [1.29, 1.82) is 0 Å². The molecule has 0 saturated carbocycles. The SMILES string of the molecule is CCC(=O)OC1Cc2cc(OC)c(OC)cc2C1=O. The predicted molar refractivity (Wildman–Crippen MR) is 67.8 cm³/mol. The number of methoxy groups -OCH3 is 2. The van der Waals surface area contributed by atoms with Crippen LogP contribution in [0.5, 0.6) is 11.5 Å². The molecule has 1 aliphatic carbocycles. The van der Waals surface area contributed by atoms with Gasteiger partial charge in [-0.25, -0.2) is 0 Å². The number of carbonyl (C=O) groups excluding carboxylic acids is 2. The highest BCUT2D eigenvalue weighted by Crippen LogP contribution is 2.35. The molecule has 0 fully saturated rings. The molecule has 0 aromatic heterocycles. The molecule has 5 heteroatoms. The van der Waals surface area contributed by atoms with Crippen LogP contribution in [0.1, 0.15) is 29.3 Å². The van der Waals surface area contributed by atoms with Crippen LogP contribution in [0, 0.1) is 0 Å². The second-order valence-corrected chi connectivity index (χ2v) is 4.26. The van der Waals surface area contributed by atoms with Crippen LogP contribution >= 0.6 is 0 Å². The molecule has 0 spiro atoms. The lowest BCUT2D eigenvalue weighted by molar-refractivity contribution is -0.146. The van der Waals surface area contributed by atoms with E-state index in [1.165, 1.54) is 14.2 Å². The lowest BCUT2D eigenvalue weighted by Crippen LogP contribution is -2.23. The van der Waals surface area contributed by atoms with Crippen LogP contribution in [0.15, 0.2) is 12.1 Å². The summed E-state index contributed by atoms with van der Waals surface area (Å²) in [5.74, 6) is 0.511. The summed E-state index contributed by atoms with van der Waals surface area (Å²) >= 11 is 0. The minimum Gasteiger partial charge on any atom is -0.493 e. The van der Waals surface area contributed by atoms with Gasteiger partial charge < -0.3 is 14.2 Å². The predicted octanol–water partition coefficient (Wildman–Crippen LogP) is 1.76. The molecule has 0 aliphatic heterocycles. The minimum atomic E-state index is -0.723. The van der Waals surface area contributed by atoms with Crippen molar-refractivity contribution in [1.82, 2.24) is 0 Å². The summed E-state index contributed by atoms with van der Waals surface area (Å²) in [5, 5.41) is 0. The summed E-state index contributed by atoms with van der Waals surface area (Å²) in [4.78, 5) is 23.4. The topological polar surface area (TPSA) is 61.8 Å². The smallest absolute Gasteiger partial charge is 0.306 e. The number of hydrogen-bond donors (Lipinski definition) is 0. The van der Waals surface area contributed by atoms with E-state index >= 15 is 0 Å². The third-order valence-electron chi connectivity index (χ3n) is 3.13. The van der Waals surface area contributed by atoms with E-state index < -0.39 is 6.10 Å². The molecule has 0 amide bonds. The zero-order valence-electron chi connectivity index (χ0n) is 11.2. The van der Waals surface area contributed by atoms with Gasteiger partial charge >= 0.3 is 5.97 Å². The van der Waals surface area contributed by atoms with Crippen molar-refractivity contribution < 1.29 is 23.8 Å². The monoisotopic (exact) mass is 264 g/mol. The third-order valence-corrected chi connectivity index (χ3v) is 3.13. The Kier molecular flexibility index (Phi) is 3.74. The molecule has 1 unspecified atom stereocenters. The van der Waals surface area contributed by atoms with Crippen molar-refractivity contribution in [3.05, 3.63) is 23.3 Å². The Morgan fingerprint density at radius 2 is 1.89 bits per heavy atom. The molecule has 102 valence electrons. The molecule has 5 nitrogen and oxygen atoms in total. The molecule has 2 rings (SSSR count). The van der Waals surface area contributed by atoms with E-state index in [-0.39, 0.29) is 18.2 Å². The van der Waals surface area contributed by atoms with E-state index in [0.717, 1.165) is 5.56 Å². The molecule has 0 N–H and O–H groups in total. The number of fused-ring (bicyclic) bond motifs is 1. The number of ketones is 1. The van der Waals surface area contributed by atoms with Crippen molar-refractivity contribution in [2.45, 2.75) is 25.9 Å². The van der Waals surface area contributed by atoms with Crippen LogP contribution < -0.4 is 9.47 Å². The summed E-state index contributed by atoms with van der Waals surface area (Å²) in [6, 6.07) is 3.39. The van der Waals surface area contributed by atoms with Gasteiger partial charge in [0.25, 0.3) is 0 Å². The normalized spacial score (nSPS) is 17.0. The van der Waals surface area contributed by atoms with Gasteiger partial charge in [0.05, 0.1) is 14.2 Å². The Hall–Kier alpha value is -2.04. The zero-order chi connectivity index (χ0) is 14.0. The summed E-state index contributed by atoms with van der Waals surface area (Å²) in [6.45, 7) is 1.70. The highest BCUT2D eigenvalue weighted by molar-refractivity contribution is 6.05. The van der Waals surface area contributed by atoms with Crippen molar-refractivity contribution in [3.8, 4) is 11.5 Å². The molecule has 0 bridgehead atoms. The van der Waals surface area contributed by atoms with E-state index in [9.17, 15) is 9.59 Å². The molecule has 0 saturated heterocycles. The van der Waals surface area contributed by atoms with Crippen molar-refractivity contribution in [2.75, 3.05) is 14.2 Å². The largest absolute Gasteiger partial charge is 0.493 e.